The zero-order valence-corrected chi connectivity index (χ0v) is 10.1. The molecule has 0 saturated heterocycles. The first kappa shape index (κ1) is 13.8. The first-order valence-electron chi connectivity index (χ1n) is 4.41. The molecule has 1 unspecified atom stereocenters. The average Bonchev–Trinajstić information content (AvgIpc) is 2.16. The van der Waals surface area contributed by atoms with Crippen LogP contribution in [0.15, 0.2) is 0 Å². The molecule has 14 heavy (non-hydrogen) atoms. The van der Waals surface area contributed by atoms with Crippen LogP contribution in [0.2, 0.25) is 0 Å². The van der Waals surface area contributed by atoms with Crippen molar-refractivity contribution in [1.29, 1.82) is 5.26 Å². The van der Waals surface area contributed by atoms with E-state index in [0.717, 1.165) is 18.6 Å². The van der Waals surface area contributed by atoms with E-state index in [1.54, 1.807) is 17.8 Å². The molecule has 1 atom stereocenters. The third kappa shape index (κ3) is 5.47. The van der Waals surface area contributed by atoms with Gasteiger partial charge in [0.05, 0.1) is 6.07 Å². The number of hydrogen-bond donors (Lipinski definition) is 1. The standard InChI is InChI=1S/C8H16N2O2S2/c1-8(7-9)14(11,12)10-5-3-4-6-13-2/h8,10H,3-6H2,1-2H3. The Morgan fingerprint density at radius 2 is 2.14 bits per heavy atom. The van der Waals surface area contributed by atoms with Crippen molar-refractivity contribution in [3.05, 3.63) is 0 Å². The van der Waals surface area contributed by atoms with Crippen molar-refractivity contribution in [2.24, 2.45) is 0 Å². The molecule has 0 spiro atoms. The van der Waals surface area contributed by atoms with Crippen LogP contribution in [0.25, 0.3) is 0 Å². The van der Waals surface area contributed by atoms with Gasteiger partial charge in [-0.1, -0.05) is 0 Å². The van der Waals surface area contributed by atoms with Crippen LogP contribution < -0.4 is 4.72 Å². The van der Waals surface area contributed by atoms with E-state index >= 15 is 0 Å². The van der Waals surface area contributed by atoms with Crippen LogP contribution in [0, 0.1) is 11.3 Å². The van der Waals surface area contributed by atoms with Crippen LogP contribution in [0.5, 0.6) is 0 Å². The molecule has 0 rings (SSSR count). The molecule has 0 bridgehead atoms. The smallest absolute Gasteiger partial charge is 0.214 e. The molecule has 0 aromatic carbocycles. The summed E-state index contributed by atoms with van der Waals surface area (Å²) >= 11 is 1.74. The molecule has 0 fully saturated rings. The maximum absolute atomic E-state index is 11.3. The summed E-state index contributed by atoms with van der Waals surface area (Å²) in [6.07, 6.45) is 3.82. The highest BCUT2D eigenvalue weighted by Crippen LogP contribution is 2.00. The van der Waals surface area contributed by atoms with Crippen LogP contribution in [0.3, 0.4) is 0 Å². The fraction of sp³-hybridized carbons (Fsp3) is 0.875. The van der Waals surface area contributed by atoms with Crippen molar-refractivity contribution in [3.63, 3.8) is 0 Å². The fourth-order valence-electron chi connectivity index (χ4n) is 0.780. The van der Waals surface area contributed by atoms with E-state index in [1.165, 1.54) is 6.92 Å². The lowest BCUT2D eigenvalue weighted by Crippen LogP contribution is -2.32. The second-order valence-electron chi connectivity index (χ2n) is 2.91. The molecule has 6 heteroatoms. The fourth-order valence-corrected chi connectivity index (χ4v) is 2.09. The number of thioether (sulfide) groups is 1. The normalized spacial score (nSPS) is 13.5. The van der Waals surface area contributed by atoms with E-state index in [-0.39, 0.29) is 0 Å². The molecule has 0 amide bonds. The number of rotatable bonds is 7. The largest absolute Gasteiger partial charge is 0.227 e. The Morgan fingerprint density at radius 3 is 2.64 bits per heavy atom. The maximum atomic E-state index is 11.3. The molecule has 82 valence electrons. The van der Waals surface area contributed by atoms with Crippen molar-refractivity contribution in [2.45, 2.75) is 25.0 Å². The summed E-state index contributed by atoms with van der Waals surface area (Å²) in [4.78, 5) is 0. The monoisotopic (exact) mass is 236 g/mol. The molecule has 0 saturated carbocycles. The zero-order chi connectivity index (χ0) is 11.0. The second-order valence-corrected chi connectivity index (χ2v) is 5.98. The quantitative estimate of drug-likeness (QED) is 0.668. The number of hydrogen-bond acceptors (Lipinski definition) is 4. The average molecular weight is 236 g/mol. The van der Waals surface area contributed by atoms with E-state index in [0.29, 0.717) is 6.54 Å². The topological polar surface area (TPSA) is 70.0 Å². The lowest BCUT2D eigenvalue weighted by molar-refractivity contribution is 0.574. The van der Waals surface area contributed by atoms with Crippen molar-refractivity contribution >= 4 is 21.8 Å². The summed E-state index contributed by atoms with van der Waals surface area (Å²) in [6.45, 7) is 1.80. The van der Waals surface area contributed by atoms with Crippen molar-refractivity contribution < 1.29 is 8.42 Å². The highest BCUT2D eigenvalue weighted by Gasteiger charge is 2.18. The summed E-state index contributed by atoms with van der Waals surface area (Å²) in [7, 11) is -3.42. The Kier molecular flexibility index (Phi) is 6.97. The van der Waals surface area contributed by atoms with Gasteiger partial charge in [-0.05, 0) is 31.8 Å². The number of nitriles is 1. The van der Waals surface area contributed by atoms with Gasteiger partial charge >= 0.3 is 0 Å². The molecule has 0 aromatic rings. The van der Waals surface area contributed by atoms with E-state index in [1.807, 2.05) is 6.26 Å². The van der Waals surface area contributed by atoms with Gasteiger partial charge in [-0.25, -0.2) is 13.1 Å². The van der Waals surface area contributed by atoms with Gasteiger partial charge in [0, 0.05) is 6.54 Å². The molecule has 1 N–H and O–H groups in total. The molecule has 0 aliphatic heterocycles. The van der Waals surface area contributed by atoms with Gasteiger partial charge in [-0.3, -0.25) is 0 Å². The Bertz CT molecular complexity index is 282. The highest BCUT2D eigenvalue weighted by atomic mass is 32.2. The van der Waals surface area contributed by atoms with E-state index in [9.17, 15) is 8.42 Å². The third-order valence-electron chi connectivity index (χ3n) is 1.73. The molecule has 0 aromatic heterocycles. The molecular formula is C8H16N2O2S2. The Labute approximate surface area is 90.1 Å². The maximum Gasteiger partial charge on any atom is 0.227 e. The minimum Gasteiger partial charge on any atom is -0.214 e. The van der Waals surface area contributed by atoms with Gasteiger partial charge in [0.15, 0.2) is 5.25 Å². The molecular weight excluding hydrogens is 220 g/mol. The van der Waals surface area contributed by atoms with Gasteiger partial charge < -0.3 is 0 Å². The Balaban J connectivity index is 3.74. The number of nitrogens with one attached hydrogen (secondary N) is 1. The van der Waals surface area contributed by atoms with Gasteiger partial charge in [0.25, 0.3) is 0 Å². The van der Waals surface area contributed by atoms with E-state index in [2.05, 4.69) is 4.72 Å². The van der Waals surface area contributed by atoms with Gasteiger partial charge in [0.2, 0.25) is 10.0 Å². The van der Waals surface area contributed by atoms with Crippen molar-refractivity contribution in [3.8, 4) is 6.07 Å². The second kappa shape index (κ2) is 7.10. The Morgan fingerprint density at radius 1 is 1.50 bits per heavy atom. The highest BCUT2D eigenvalue weighted by molar-refractivity contribution is 7.98. The summed E-state index contributed by atoms with van der Waals surface area (Å²) in [5, 5.41) is 7.47. The lowest BCUT2D eigenvalue weighted by Gasteiger charge is -2.06. The molecule has 0 heterocycles. The number of nitrogens with zero attached hydrogens (tertiary/aromatic N) is 1. The van der Waals surface area contributed by atoms with Gasteiger partial charge in [-0.2, -0.15) is 17.0 Å². The third-order valence-corrected chi connectivity index (χ3v) is 4.07. The minimum atomic E-state index is -3.42. The van der Waals surface area contributed by atoms with Crippen molar-refractivity contribution in [2.75, 3.05) is 18.6 Å². The van der Waals surface area contributed by atoms with Crippen LogP contribution in [-0.2, 0) is 10.0 Å². The number of sulfonamides is 1. The van der Waals surface area contributed by atoms with Crippen LogP contribution in [-0.4, -0.2) is 32.2 Å². The van der Waals surface area contributed by atoms with Gasteiger partial charge in [-0.15, -0.1) is 0 Å². The first-order chi connectivity index (χ1) is 6.54. The molecule has 0 aliphatic rings. The predicted octanol–water partition coefficient (Wildman–Crippen LogP) is 0.961. The van der Waals surface area contributed by atoms with Crippen molar-refractivity contribution in [1.82, 2.24) is 4.72 Å². The minimum absolute atomic E-state index is 0.426. The molecule has 0 radical (unpaired) electrons. The zero-order valence-electron chi connectivity index (χ0n) is 8.49. The van der Waals surface area contributed by atoms with E-state index < -0.39 is 15.3 Å². The molecule has 4 nitrogen and oxygen atoms in total. The van der Waals surface area contributed by atoms with Crippen LogP contribution >= 0.6 is 11.8 Å². The van der Waals surface area contributed by atoms with E-state index in [4.69, 9.17) is 5.26 Å². The van der Waals surface area contributed by atoms with Crippen LogP contribution in [0.1, 0.15) is 19.8 Å². The summed E-state index contributed by atoms with van der Waals surface area (Å²) in [5.74, 6) is 1.04. The van der Waals surface area contributed by atoms with Crippen LogP contribution in [0.4, 0.5) is 0 Å². The SMILES string of the molecule is CSCCCCNS(=O)(=O)C(C)C#N. The summed E-state index contributed by atoms with van der Waals surface area (Å²) in [6, 6.07) is 1.70. The first-order valence-corrected chi connectivity index (χ1v) is 7.35. The number of unbranched alkanes of at least 4 members (excludes halogenated alkanes) is 1. The predicted molar refractivity (Wildman–Crippen MR) is 59.6 cm³/mol. The summed E-state index contributed by atoms with van der Waals surface area (Å²) < 4.78 is 24.9. The Hall–Kier alpha value is -0.250. The lowest BCUT2D eigenvalue weighted by atomic mass is 10.3. The molecule has 0 aliphatic carbocycles. The summed E-state index contributed by atoms with van der Waals surface area (Å²) in [5.41, 5.74) is 0. The van der Waals surface area contributed by atoms with Gasteiger partial charge in [0.1, 0.15) is 0 Å².